The second-order valence-electron chi connectivity index (χ2n) is 5.89. The van der Waals surface area contributed by atoms with Gasteiger partial charge in [-0.3, -0.25) is 9.59 Å². The van der Waals surface area contributed by atoms with Crippen molar-refractivity contribution in [3.63, 3.8) is 0 Å². The lowest BCUT2D eigenvalue weighted by atomic mass is 10.1. The SMILES string of the molecule is CC(C)CC(=O)N1CCN(C(=O)C2COCCN2)CC1. The molecule has 2 amide bonds. The Hall–Kier alpha value is -1.14. The molecule has 0 spiro atoms. The molecule has 0 saturated carbocycles. The van der Waals surface area contributed by atoms with Crippen molar-refractivity contribution in [3.8, 4) is 0 Å². The van der Waals surface area contributed by atoms with Gasteiger partial charge in [0.25, 0.3) is 0 Å². The highest BCUT2D eigenvalue weighted by Crippen LogP contribution is 2.10. The van der Waals surface area contributed by atoms with E-state index < -0.39 is 0 Å². The normalized spacial score (nSPS) is 24.1. The third kappa shape index (κ3) is 3.93. The maximum atomic E-state index is 12.3. The molecule has 1 unspecified atom stereocenters. The molecule has 114 valence electrons. The van der Waals surface area contributed by atoms with Crippen molar-refractivity contribution < 1.29 is 14.3 Å². The second kappa shape index (κ2) is 7.04. The van der Waals surface area contributed by atoms with Gasteiger partial charge in [0.1, 0.15) is 6.04 Å². The summed E-state index contributed by atoms with van der Waals surface area (Å²) in [5.74, 6) is 0.678. The summed E-state index contributed by atoms with van der Waals surface area (Å²) in [6, 6.07) is -0.221. The molecule has 1 atom stereocenters. The molecule has 0 aromatic carbocycles. The molecular formula is C14H25N3O3. The van der Waals surface area contributed by atoms with Crippen LogP contribution in [0.2, 0.25) is 0 Å². The summed E-state index contributed by atoms with van der Waals surface area (Å²) in [4.78, 5) is 28.0. The highest BCUT2D eigenvalue weighted by atomic mass is 16.5. The summed E-state index contributed by atoms with van der Waals surface area (Å²) in [6.45, 7) is 8.48. The van der Waals surface area contributed by atoms with Crippen LogP contribution in [0.25, 0.3) is 0 Å². The maximum absolute atomic E-state index is 12.3. The van der Waals surface area contributed by atoms with E-state index in [1.807, 2.05) is 23.6 Å². The van der Waals surface area contributed by atoms with Gasteiger partial charge in [0.2, 0.25) is 11.8 Å². The van der Waals surface area contributed by atoms with Gasteiger partial charge in [0.05, 0.1) is 13.2 Å². The smallest absolute Gasteiger partial charge is 0.242 e. The van der Waals surface area contributed by atoms with Crippen LogP contribution in [0.3, 0.4) is 0 Å². The van der Waals surface area contributed by atoms with Crippen LogP contribution in [0, 0.1) is 5.92 Å². The van der Waals surface area contributed by atoms with Gasteiger partial charge >= 0.3 is 0 Å². The molecule has 2 rings (SSSR count). The number of ether oxygens (including phenoxy) is 1. The predicted molar refractivity (Wildman–Crippen MR) is 75.2 cm³/mol. The van der Waals surface area contributed by atoms with Gasteiger partial charge in [-0.15, -0.1) is 0 Å². The number of hydrogen-bond donors (Lipinski definition) is 1. The Morgan fingerprint density at radius 2 is 1.85 bits per heavy atom. The molecule has 6 heteroatoms. The second-order valence-corrected chi connectivity index (χ2v) is 5.89. The monoisotopic (exact) mass is 283 g/mol. The number of piperazine rings is 1. The molecule has 2 fully saturated rings. The molecule has 0 aliphatic carbocycles. The zero-order valence-electron chi connectivity index (χ0n) is 12.4. The van der Waals surface area contributed by atoms with Crippen molar-refractivity contribution in [3.05, 3.63) is 0 Å². The minimum Gasteiger partial charge on any atom is -0.378 e. The molecule has 2 saturated heterocycles. The molecule has 20 heavy (non-hydrogen) atoms. The molecule has 2 aliphatic rings. The zero-order chi connectivity index (χ0) is 14.5. The van der Waals surface area contributed by atoms with E-state index >= 15 is 0 Å². The number of rotatable bonds is 3. The molecule has 6 nitrogen and oxygen atoms in total. The van der Waals surface area contributed by atoms with E-state index in [-0.39, 0.29) is 17.9 Å². The molecule has 2 aliphatic heterocycles. The van der Waals surface area contributed by atoms with Gasteiger partial charge in [-0.05, 0) is 5.92 Å². The van der Waals surface area contributed by atoms with Crippen LogP contribution < -0.4 is 5.32 Å². The first-order valence-electron chi connectivity index (χ1n) is 7.45. The molecule has 0 bridgehead atoms. The van der Waals surface area contributed by atoms with Gasteiger partial charge < -0.3 is 19.9 Å². The molecule has 0 aromatic heterocycles. The number of hydrogen-bond acceptors (Lipinski definition) is 4. The minimum atomic E-state index is -0.221. The Bertz CT molecular complexity index is 346. The van der Waals surface area contributed by atoms with Crippen LogP contribution in [0.15, 0.2) is 0 Å². The average molecular weight is 283 g/mol. The van der Waals surface area contributed by atoms with Crippen molar-refractivity contribution in [2.75, 3.05) is 45.9 Å². The first-order chi connectivity index (χ1) is 9.58. The standard InChI is InChI=1S/C14H25N3O3/c1-11(2)9-13(18)16-4-6-17(7-5-16)14(19)12-10-20-8-3-15-12/h11-12,15H,3-10H2,1-2H3. The van der Waals surface area contributed by atoms with Crippen LogP contribution >= 0.6 is 0 Å². The van der Waals surface area contributed by atoms with Crippen molar-refractivity contribution in [2.24, 2.45) is 5.92 Å². The third-order valence-corrected chi connectivity index (χ3v) is 3.75. The molecular weight excluding hydrogens is 258 g/mol. The lowest BCUT2D eigenvalue weighted by Gasteiger charge is -2.37. The Balaban J connectivity index is 1.78. The maximum Gasteiger partial charge on any atom is 0.242 e. The first kappa shape index (κ1) is 15.3. The topological polar surface area (TPSA) is 61.9 Å². The van der Waals surface area contributed by atoms with E-state index in [1.54, 1.807) is 0 Å². The van der Waals surface area contributed by atoms with Gasteiger partial charge in [0, 0.05) is 39.1 Å². The molecule has 2 heterocycles. The number of amides is 2. The van der Waals surface area contributed by atoms with Crippen molar-refractivity contribution >= 4 is 11.8 Å². The molecule has 0 aromatic rings. The van der Waals surface area contributed by atoms with Crippen molar-refractivity contribution in [2.45, 2.75) is 26.3 Å². The summed E-state index contributed by atoms with van der Waals surface area (Å²) in [5.41, 5.74) is 0. The zero-order valence-corrected chi connectivity index (χ0v) is 12.4. The molecule has 0 radical (unpaired) electrons. The van der Waals surface area contributed by atoms with Crippen LogP contribution in [0.4, 0.5) is 0 Å². The van der Waals surface area contributed by atoms with Crippen LogP contribution in [0.5, 0.6) is 0 Å². The minimum absolute atomic E-state index is 0.0978. The fourth-order valence-electron chi connectivity index (χ4n) is 2.60. The van der Waals surface area contributed by atoms with Crippen molar-refractivity contribution in [1.82, 2.24) is 15.1 Å². The number of nitrogens with zero attached hydrogens (tertiary/aromatic N) is 2. The highest BCUT2D eigenvalue weighted by Gasteiger charge is 2.29. The summed E-state index contributed by atoms with van der Waals surface area (Å²) >= 11 is 0. The number of carbonyl (C=O) groups is 2. The van der Waals surface area contributed by atoms with E-state index in [0.717, 1.165) is 6.54 Å². The summed E-state index contributed by atoms with van der Waals surface area (Å²) < 4.78 is 5.32. The first-order valence-corrected chi connectivity index (χ1v) is 7.45. The highest BCUT2D eigenvalue weighted by molar-refractivity contribution is 5.83. The number of morpholine rings is 1. The van der Waals surface area contributed by atoms with E-state index in [4.69, 9.17) is 4.74 Å². The lowest BCUT2D eigenvalue weighted by molar-refractivity contribution is -0.143. The van der Waals surface area contributed by atoms with E-state index in [2.05, 4.69) is 5.32 Å². The van der Waals surface area contributed by atoms with E-state index in [1.165, 1.54) is 0 Å². The summed E-state index contributed by atoms with van der Waals surface area (Å²) in [6.07, 6.45) is 0.589. The third-order valence-electron chi connectivity index (χ3n) is 3.75. The van der Waals surface area contributed by atoms with Gasteiger partial charge in [-0.1, -0.05) is 13.8 Å². The summed E-state index contributed by atoms with van der Waals surface area (Å²) in [7, 11) is 0. The van der Waals surface area contributed by atoms with Gasteiger partial charge in [-0.25, -0.2) is 0 Å². The van der Waals surface area contributed by atoms with Crippen LogP contribution in [-0.2, 0) is 14.3 Å². The van der Waals surface area contributed by atoms with Gasteiger partial charge in [-0.2, -0.15) is 0 Å². The predicted octanol–water partition coefficient (Wildman–Crippen LogP) is -0.308. The Kier molecular flexibility index (Phi) is 5.37. The van der Waals surface area contributed by atoms with Crippen LogP contribution in [0.1, 0.15) is 20.3 Å². The summed E-state index contributed by atoms with van der Waals surface area (Å²) in [5, 5.41) is 3.18. The Labute approximate surface area is 120 Å². The quantitative estimate of drug-likeness (QED) is 0.772. The number of carbonyl (C=O) groups excluding carboxylic acids is 2. The Morgan fingerprint density at radius 3 is 2.40 bits per heavy atom. The lowest BCUT2D eigenvalue weighted by Crippen LogP contribution is -2.57. The van der Waals surface area contributed by atoms with Gasteiger partial charge in [0.15, 0.2) is 0 Å². The number of nitrogens with one attached hydrogen (secondary N) is 1. The van der Waals surface area contributed by atoms with Crippen LogP contribution in [-0.4, -0.2) is 73.6 Å². The van der Waals surface area contributed by atoms with E-state index in [9.17, 15) is 9.59 Å². The fraction of sp³-hybridized carbons (Fsp3) is 0.857. The Morgan fingerprint density at radius 1 is 1.20 bits per heavy atom. The largest absolute Gasteiger partial charge is 0.378 e. The van der Waals surface area contributed by atoms with E-state index in [0.29, 0.717) is 51.7 Å². The average Bonchev–Trinajstić information content (AvgIpc) is 2.47. The van der Waals surface area contributed by atoms with Crippen molar-refractivity contribution in [1.29, 1.82) is 0 Å². The molecule has 1 N–H and O–H groups in total. The fourth-order valence-corrected chi connectivity index (χ4v) is 2.60.